The van der Waals surface area contributed by atoms with Gasteiger partial charge in [0.1, 0.15) is 0 Å². The lowest BCUT2D eigenvalue weighted by Gasteiger charge is -2.26. The molecule has 1 aliphatic carbocycles. The molecule has 0 radical (unpaired) electrons. The number of nitrogens with one attached hydrogen (secondary N) is 1. The second-order valence-electron chi connectivity index (χ2n) is 7.54. The Bertz CT molecular complexity index is 1280. The zero-order chi connectivity index (χ0) is 22.1. The number of rotatable bonds is 4. The lowest BCUT2D eigenvalue weighted by Crippen LogP contribution is -2.40. The van der Waals surface area contributed by atoms with Crippen molar-refractivity contribution in [1.82, 2.24) is 9.73 Å². The summed E-state index contributed by atoms with van der Waals surface area (Å²) in [5, 5.41) is 4.40. The maximum Gasteiger partial charge on any atom is 0.271 e. The Kier molecular flexibility index (Phi) is 5.34. The van der Waals surface area contributed by atoms with Crippen LogP contribution in [0, 0.1) is 0 Å². The fraction of sp³-hybridized carbons (Fsp3) is 0.167. The Hall–Kier alpha value is -3.33. The quantitative estimate of drug-likeness (QED) is 0.488. The van der Waals surface area contributed by atoms with Gasteiger partial charge in [0.25, 0.3) is 5.91 Å². The summed E-state index contributed by atoms with van der Waals surface area (Å²) >= 11 is 0. The van der Waals surface area contributed by atoms with Gasteiger partial charge in [0.2, 0.25) is 10.0 Å². The summed E-state index contributed by atoms with van der Waals surface area (Å²) in [4.78, 5) is 12.9. The maximum absolute atomic E-state index is 12.9. The molecule has 0 unspecified atom stereocenters. The number of ether oxygens (including phenoxy) is 1. The predicted molar refractivity (Wildman–Crippen MR) is 121 cm³/mol. The van der Waals surface area contributed by atoms with Gasteiger partial charge in [-0.1, -0.05) is 54.6 Å². The van der Waals surface area contributed by atoms with E-state index in [4.69, 9.17) is 4.74 Å². The van der Waals surface area contributed by atoms with Gasteiger partial charge in [-0.15, -0.1) is 0 Å². The second-order valence-corrected chi connectivity index (χ2v) is 9.47. The molecule has 0 saturated carbocycles. The molecule has 1 saturated heterocycles. The second kappa shape index (κ2) is 8.31. The molecule has 3 aromatic carbocycles. The van der Waals surface area contributed by atoms with Crippen LogP contribution >= 0.6 is 0 Å². The van der Waals surface area contributed by atoms with E-state index in [2.05, 4.69) is 10.5 Å². The van der Waals surface area contributed by atoms with Crippen molar-refractivity contribution in [3.05, 3.63) is 89.5 Å². The number of sulfonamides is 1. The Labute approximate surface area is 186 Å². The highest BCUT2D eigenvalue weighted by Crippen LogP contribution is 2.36. The number of benzene rings is 3. The first-order valence-corrected chi connectivity index (χ1v) is 11.7. The highest BCUT2D eigenvalue weighted by Gasteiger charge is 2.27. The van der Waals surface area contributed by atoms with Gasteiger partial charge in [-0.3, -0.25) is 4.79 Å². The van der Waals surface area contributed by atoms with E-state index in [1.54, 1.807) is 12.1 Å². The van der Waals surface area contributed by atoms with E-state index in [9.17, 15) is 13.2 Å². The molecular formula is C24H21N3O4S. The number of carbonyl (C=O) groups is 1. The van der Waals surface area contributed by atoms with Crippen molar-refractivity contribution in [2.45, 2.75) is 4.90 Å². The van der Waals surface area contributed by atoms with E-state index in [0.717, 1.165) is 22.3 Å². The first kappa shape index (κ1) is 20.6. The van der Waals surface area contributed by atoms with Crippen molar-refractivity contribution >= 4 is 21.6 Å². The molecule has 1 amide bonds. The molecule has 5 rings (SSSR count). The average molecular weight is 448 g/mol. The topological polar surface area (TPSA) is 88.1 Å². The van der Waals surface area contributed by atoms with Crippen LogP contribution in [0.4, 0.5) is 0 Å². The molecule has 0 bridgehead atoms. The Morgan fingerprint density at radius 2 is 1.44 bits per heavy atom. The summed E-state index contributed by atoms with van der Waals surface area (Å²) in [6.45, 7) is 1.32. The van der Waals surface area contributed by atoms with E-state index in [1.807, 2.05) is 48.5 Å². The van der Waals surface area contributed by atoms with Crippen molar-refractivity contribution in [1.29, 1.82) is 0 Å². The van der Waals surface area contributed by atoms with Crippen molar-refractivity contribution in [3.8, 4) is 11.1 Å². The average Bonchev–Trinajstić information content (AvgIpc) is 3.17. The molecule has 3 aromatic rings. The lowest BCUT2D eigenvalue weighted by atomic mass is 10.1. The minimum Gasteiger partial charge on any atom is -0.379 e. The standard InChI is InChI=1S/C24H21N3O4S/c28-24(17-6-5-7-18(16-17)32(29,30)27-12-14-31-15-13-27)26-25-23-21-10-3-1-8-19(21)20-9-2-4-11-22(20)23/h1-11,16H,12-15H2,(H,26,28). The van der Waals surface area contributed by atoms with E-state index in [-0.39, 0.29) is 10.5 Å². The van der Waals surface area contributed by atoms with Gasteiger partial charge in [0.15, 0.2) is 0 Å². The summed E-state index contributed by atoms with van der Waals surface area (Å²) in [6.07, 6.45) is 0. The van der Waals surface area contributed by atoms with Crippen LogP contribution in [0.3, 0.4) is 0 Å². The first-order chi connectivity index (χ1) is 15.6. The van der Waals surface area contributed by atoms with Crippen LogP contribution < -0.4 is 5.43 Å². The number of nitrogens with zero attached hydrogens (tertiary/aromatic N) is 2. The lowest BCUT2D eigenvalue weighted by molar-refractivity contribution is 0.0730. The number of fused-ring (bicyclic) bond motifs is 3. The van der Waals surface area contributed by atoms with Gasteiger partial charge in [-0.2, -0.15) is 9.41 Å². The summed E-state index contributed by atoms with van der Waals surface area (Å²) < 4.78 is 32.4. The zero-order valence-electron chi connectivity index (χ0n) is 17.2. The van der Waals surface area contributed by atoms with Crippen LogP contribution in [-0.4, -0.2) is 50.6 Å². The molecule has 0 aromatic heterocycles. The third-order valence-electron chi connectivity index (χ3n) is 5.63. The molecular weight excluding hydrogens is 426 g/mol. The van der Waals surface area contributed by atoms with Gasteiger partial charge in [0.05, 0.1) is 23.8 Å². The molecule has 1 fully saturated rings. The van der Waals surface area contributed by atoms with Crippen molar-refractivity contribution in [2.75, 3.05) is 26.3 Å². The number of morpholine rings is 1. The molecule has 2 aliphatic rings. The van der Waals surface area contributed by atoms with Crippen LogP contribution in [0.25, 0.3) is 11.1 Å². The molecule has 1 heterocycles. The number of carbonyl (C=O) groups excluding carboxylic acids is 1. The van der Waals surface area contributed by atoms with Crippen LogP contribution in [-0.2, 0) is 14.8 Å². The summed E-state index contributed by atoms with van der Waals surface area (Å²) in [7, 11) is -3.69. The van der Waals surface area contributed by atoms with Crippen LogP contribution in [0.1, 0.15) is 21.5 Å². The molecule has 7 nitrogen and oxygen atoms in total. The smallest absolute Gasteiger partial charge is 0.271 e. The van der Waals surface area contributed by atoms with Crippen LogP contribution in [0.5, 0.6) is 0 Å². The SMILES string of the molecule is O=C(NN=C1c2ccccc2-c2ccccc21)c1cccc(S(=O)(=O)N2CCOCC2)c1. The fourth-order valence-electron chi connectivity index (χ4n) is 4.02. The molecule has 32 heavy (non-hydrogen) atoms. The van der Waals surface area contributed by atoms with E-state index in [1.165, 1.54) is 16.4 Å². The minimum atomic E-state index is -3.69. The van der Waals surface area contributed by atoms with E-state index < -0.39 is 15.9 Å². The first-order valence-electron chi connectivity index (χ1n) is 10.3. The predicted octanol–water partition coefficient (Wildman–Crippen LogP) is 2.87. The third kappa shape index (κ3) is 3.62. The van der Waals surface area contributed by atoms with Crippen LogP contribution in [0.15, 0.2) is 82.8 Å². The molecule has 162 valence electrons. The molecule has 8 heteroatoms. The van der Waals surface area contributed by atoms with Gasteiger partial charge in [-0.05, 0) is 29.3 Å². The molecule has 0 spiro atoms. The summed E-state index contributed by atoms with van der Waals surface area (Å²) in [5.41, 5.74) is 7.52. The van der Waals surface area contributed by atoms with Crippen molar-refractivity contribution in [2.24, 2.45) is 5.10 Å². The van der Waals surface area contributed by atoms with Crippen molar-refractivity contribution < 1.29 is 17.9 Å². The van der Waals surface area contributed by atoms with Gasteiger partial charge in [-0.25, -0.2) is 13.8 Å². The van der Waals surface area contributed by atoms with Gasteiger partial charge >= 0.3 is 0 Å². The summed E-state index contributed by atoms with van der Waals surface area (Å²) in [6, 6.07) is 21.8. The number of hydrogen-bond donors (Lipinski definition) is 1. The zero-order valence-corrected chi connectivity index (χ0v) is 18.0. The largest absolute Gasteiger partial charge is 0.379 e. The molecule has 1 aliphatic heterocycles. The third-order valence-corrected chi connectivity index (χ3v) is 7.52. The normalized spacial score (nSPS) is 15.7. The van der Waals surface area contributed by atoms with Crippen LogP contribution in [0.2, 0.25) is 0 Å². The number of amides is 1. The highest BCUT2D eigenvalue weighted by molar-refractivity contribution is 7.89. The number of hydrazone groups is 1. The van der Waals surface area contributed by atoms with Gasteiger partial charge < -0.3 is 4.74 Å². The van der Waals surface area contributed by atoms with Crippen molar-refractivity contribution in [3.63, 3.8) is 0 Å². The van der Waals surface area contributed by atoms with E-state index >= 15 is 0 Å². The summed E-state index contributed by atoms with van der Waals surface area (Å²) in [5.74, 6) is -0.474. The fourth-order valence-corrected chi connectivity index (χ4v) is 5.47. The van der Waals surface area contributed by atoms with E-state index in [0.29, 0.717) is 32.0 Å². The Balaban J connectivity index is 1.42. The Morgan fingerprint density at radius 1 is 0.844 bits per heavy atom. The number of hydrogen-bond acceptors (Lipinski definition) is 5. The highest BCUT2D eigenvalue weighted by atomic mass is 32.2. The monoisotopic (exact) mass is 447 g/mol. The van der Waals surface area contributed by atoms with Gasteiger partial charge in [0, 0.05) is 29.8 Å². The Morgan fingerprint density at radius 3 is 2.06 bits per heavy atom. The maximum atomic E-state index is 12.9. The minimum absolute atomic E-state index is 0.0799. The molecule has 0 atom stereocenters. The molecule has 1 N–H and O–H groups in total.